The minimum atomic E-state index is -0.171. The van der Waals surface area contributed by atoms with Gasteiger partial charge in [0.1, 0.15) is 5.82 Å². The Balaban J connectivity index is 0.00000306. The summed E-state index contributed by atoms with van der Waals surface area (Å²) in [5, 5.41) is 6.80. The largest absolute Gasteiger partial charge is 0.381 e. The van der Waals surface area contributed by atoms with Crippen LogP contribution in [0.2, 0.25) is 0 Å². The topological polar surface area (TPSA) is 54.9 Å². The van der Waals surface area contributed by atoms with Crippen LogP contribution in [0.3, 0.4) is 0 Å². The van der Waals surface area contributed by atoms with Gasteiger partial charge in [0, 0.05) is 31.7 Å². The third-order valence-electron chi connectivity index (χ3n) is 6.29. The van der Waals surface area contributed by atoms with Gasteiger partial charge in [0.25, 0.3) is 0 Å². The Morgan fingerprint density at radius 3 is 2.58 bits per heavy atom. The smallest absolute Gasteiger partial charge is 0.191 e. The molecule has 0 spiro atoms. The second kappa shape index (κ2) is 12.7. The molecule has 7 heteroatoms. The maximum Gasteiger partial charge on any atom is 0.191 e. The van der Waals surface area contributed by atoms with Crippen molar-refractivity contribution in [2.45, 2.75) is 57.3 Å². The molecule has 1 saturated carbocycles. The van der Waals surface area contributed by atoms with E-state index < -0.39 is 0 Å². The van der Waals surface area contributed by atoms with Gasteiger partial charge in [-0.2, -0.15) is 0 Å². The van der Waals surface area contributed by atoms with Gasteiger partial charge >= 0.3 is 0 Å². The van der Waals surface area contributed by atoms with Gasteiger partial charge in [-0.1, -0.05) is 36.4 Å². The van der Waals surface area contributed by atoms with Gasteiger partial charge in [-0.15, -0.1) is 24.0 Å². The molecule has 180 valence electrons. The van der Waals surface area contributed by atoms with Crippen LogP contribution in [0, 0.1) is 5.82 Å². The van der Waals surface area contributed by atoms with Crippen molar-refractivity contribution in [3.63, 3.8) is 0 Å². The lowest BCUT2D eigenvalue weighted by Gasteiger charge is -2.22. The van der Waals surface area contributed by atoms with Crippen molar-refractivity contribution in [1.82, 2.24) is 10.6 Å². The van der Waals surface area contributed by atoms with Crippen molar-refractivity contribution in [1.29, 1.82) is 0 Å². The first kappa shape index (κ1) is 25.9. The Labute approximate surface area is 213 Å². The lowest BCUT2D eigenvalue weighted by Crippen LogP contribution is -2.41. The van der Waals surface area contributed by atoms with Crippen molar-refractivity contribution in [3.05, 3.63) is 71.0 Å². The van der Waals surface area contributed by atoms with E-state index in [0.29, 0.717) is 19.3 Å². The SMILES string of the molecule is CCNC(=NCc1cccc(COC2CCOCC2)c1)NCC1(c2cccc(F)c2)CC1.I. The Bertz CT molecular complexity index is 914. The molecular formula is C26H35FIN3O2. The normalized spacial score (nSPS) is 17.8. The number of aliphatic imine (C=N–C) groups is 1. The predicted molar refractivity (Wildman–Crippen MR) is 141 cm³/mol. The Morgan fingerprint density at radius 1 is 1.09 bits per heavy atom. The van der Waals surface area contributed by atoms with Gasteiger partial charge in [-0.3, -0.25) is 0 Å². The molecule has 0 amide bonds. The van der Waals surface area contributed by atoms with Gasteiger partial charge in [0.2, 0.25) is 0 Å². The highest BCUT2D eigenvalue weighted by Crippen LogP contribution is 2.47. The number of nitrogens with zero attached hydrogens (tertiary/aromatic N) is 1. The number of hydrogen-bond acceptors (Lipinski definition) is 3. The molecule has 4 rings (SSSR count). The fourth-order valence-corrected chi connectivity index (χ4v) is 4.18. The van der Waals surface area contributed by atoms with Crippen LogP contribution in [0.5, 0.6) is 0 Å². The average Bonchev–Trinajstić information content (AvgIpc) is 3.62. The standard InChI is InChI=1S/C26H34FN3O2.HI/c1-2-28-25(30-19-26(11-12-26)22-7-4-8-23(27)16-22)29-17-20-5-3-6-21(15-20)18-32-24-9-13-31-14-10-24;/h3-8,15-16,24H,2,9-14,17-19H2,1H3,(H2,28,29,30);1H. The summed E-state index contributed by atoms with van der Waals surface area (Å²) in [6, 6.07) is 15.4. The third-order valence-corrected chi connectivity index (χ3v) is 6.29. The predicted octanol–water partition coefficient (Wildman–Crippen LogP) is 4.93. The number of hydrogen-bond donors (Lipinski definition) is 2. The van der Waals surface area contributed by atoms with E-state index in [0.717, 1.165) is 69.1 Å². The van der Waals surface area contributed by atoms with Crippen molar-refractivity contribution in [3.8, 4) is 0 Å². The van der Waals surface area contributed by atoms with Crippen LogP contribution < -0.4 is 10.6 Å². The van der Waals surface area contributed by atoms with E-state index in [1.807, 2.05) is 6.07 Å². The van der Waals surface area contributed by atoms with E-state index in [1.165, 1.54) is 11.6 Å². The Hall–Kier alpha value is -1.71. The van der Waals surface area contributed by atoms with Crippen molar-refractivity contribution >= 4 is 29.9 Å². The van der Waals surface area contributed by atoms with Gasteiger partial charge in [0.05, 0.1) is 19.3 Å². The van der Waals surface area contributed by atoms with E-state index in [2.05, 4.69) is 41.8 Å². The van der Waals surface area contributed by atoms with E-state index in [1.54, 1.807) is 12.1 Å². The number of guanidine groups is 1. The number of halogens is 2. The van der Waals surface area contributed by atoms with Crippen LogP contribution in [0.15, 0.2) is 53.5 Å². The summed E-state index contributed by atoms with van der Waals surface area (Å²) in [5.41, 5.74) is 3.41. The molecular weight excluding hydrogens is 532 g/mol. The lowest BCUT2D eigenvalue weighted by molar-refractivity contribution is -0.0390. The molecule has 5 nitrogen and oxygen atoms in total. The van der Waals surface area contributed by atoms with Crippen molar-refractivity contribution < 1.29 is 13.9 Å². The Morgan fingerprint density at radius 2 is 1.85 bits per heavy atom. The number of rotatable bonds is 9. The minimum Gasteiger partial charge on any atom is -0.381 e. The van der Waals surface area contributed by atoms with Gasteiger partial charge in [-0.05, 0) is 61.4 Å². The van der Waals surface area contributed by atoms with E-state index in [4.69, 9.17) is 14.5 Å². The minimum absolute atomic E-state index is 0. The zero-order valence-electron chi connectivity index (χ0n) is 19.3. The van der Waals surface area contributed by atoms with Crippen molar-refractivity contribution in [2.75, 3.05) is 26.3 Å². The highest BCUT2D eigenvalue weighted by Gasteiger charge is 2.44. The Kier molecular flexibility index (Phi) is 9.94. The van der Waals surface area contributed by atoms with E-state index in [9.17, 15) is 4.39 Å². The number of nitrogens with one attached hydrogen (secondary N) is 2. The van der Waals surface area contributed by atoms with Gasteiger partial charge < -0.3 is 20.1 Å². The summed E-state index contributed by atoms with van der Waals surface area (Å²) >= 11 is 0. The summed E-state index contributed by atoms with van der Waals surface area (Å²) < 4.78 is 25.1. The van der Waals surface area contributed by atoms with Gasteiger partial charge in [0.15, 0.2) is 5.96 Å². The number of ether oxygens (including phenoxy) is 2. The quantitative estimate of drug-likeness (QED) is 0.257. The summed E-state index contributed by atoms with van der Waals surface area (Å²) in [7, 11) is 0. The fraction of sp³-hybridized carbons (Fsp3) is 0.500. The summed E-state index contributed by atoms with van der Waals surface area (Å²) in [6.07, 6.45) is 4.37. The molecule has 2 N–H and O–H groups in total. The van der Waals surface area contributed by atoms with Crippen LogP contribution >= 0.6 is 24.0 Å². The first-order valence-electron chi connectivity index (χ1n) is 11.7. The molecule has 0 bridgehead atoms. The lowest BCUT2D eigenvalue weighted by atomic mass is 9.96. The highest BCUT2D eigenvalue weighted by atomic mass is 127. The molecule has 1 aliphatic carbocycles. The average molecular weight is 567 g/mol. The first-order chi connectivity index (χ1) is 15.7. The monoisotopic (exact) mass is 567 g/mol. The molecule has 0 unspecified atom stereocenters. The van der Waals surface area contributed by atoms with E-state index in [-0.39, 0.29) is 35.2 Å². The van der Waals surface area contributed by atoms with E-state index >= 15 is 0 Å². The molecule has 2 aromatic rings. The molecule has 0 atom stereocenters. The second-order valence-corrected chi connectivity index (χ2v) is 8.78. The van der Waals surface area contributed by atoms with Gasteiger partial charge in [-0.25, -0.2) is 9.38 Å². The van der Waals surface area contributed by atoms with Crippen LogP contribution in [0.25, 0.3) is 0 Å². The summed E-state index contributed by atoms with van der Waals surface area (Å²) in [5.74, 6) is 0.620. The van der Waals surface area contributed by atoms with Crippen LogP contribution in [-0.2, 0) is 28.0 Å². The maximum atomic E-state index is 13.7. The molecule has 1 heterocycles. The molecule has 0 aromatic heterocycles. The maximum absolute atomic E-state index is 13.7. The fourth-order valence-electron chi connectivity index (χ4n) is 4.18. The third kappa shape index (κ3) is 7.65. The van der Waals surface area contributed by atoms with Crippen LogP contribution in [-0.4, -0.2) is 38.4 Å². The zero-order chi connectivity index (χ0) is 22.2. The molecule has 2 aliphatic rings. The van der Waals surface area contributed by atoms with Crippen LogP contribution in [0.4, 0.5) is 4.39 Å². The van der Waals surface area contributed by atoms with Crippen LogP contribution in [0.1, 0.15) is 49.3 Å². The van der Waals surface area contributed by atoms with Crippen molar-refractivity contribution in [2.24, 2.45) is 4.99 Å². The molecule has 1 aliphatic heterocycles. The molecule has 2 fully saturated rings. The number of benzene rings is 2. The highest BCUT2D eigenvalue weighted by molar-refractivity contribution is 14.0. The molecule has 0 radical (unpaired) electrons. The zero-order valence-corrected chi connectivity index (χ0v) is 21.6. The summed E-state index contributed by atoms with van der Waals surface area (Å²) in [4.78, 5) is 4.78. The molecule has 2 aromatic carbocycles. The second-order valence-electron chi connectivity index (χ2n) is 8.78. The molecule has 33 heavy (non-hydrogen) atoms. The first-order valence-corrected chi connectivity index (χ1v) is 11.7. The molecule has 1 saturated heterocycles. The summed E-state index contributed by atoms with van der Waals surface area (Å²) in [6.45, 7) is 6.40.